The minimum Gasteiger partial charge on any atom is -0.387 e. The van der Waals surface area contributed by atoms with Crippen molar-refractivity contribution < 1.29 is 5.11 Å². The summed E-state index contributed by atoms with van der Waals surface area (Å²) in [5, 5.41) is 20.4. The van der Waals surface area contributed by atoms with Gasteiger partial charge in [-0.3, -0.25) is 0 Å². The molecule has 0 saturated carbocycles. The predicted molar refractivity (Wildman–Crippen MR) is 69.9 cm³/mol. The molecule has 1 heterocycles. The Morgan fingerprint density at radius 3 is 2.69 bits per heavy atom. The summed E-state index contributed by atoms with van der Waals surface area (Å²) in [7, 11) is 0. The van der Waals surface area contributed by atoms with Gasteiger partial charge in [0.15, 0.2) is 0 Å². The fourth-order valence-electron chi connectivity index (χ4n) is 1.35. The van der Waals surface area contributed by atoms with E-state index in [4.69, 9.17) is 0 Å². The van der Waals surface area contributed by atoms with E-state index in [0.717, 1.165) is 18.7 Å². The molecule has 0 bridgehead atoms. The van der Waals surface area contributed by atoms with E-state index in [1.165, 1.54) is 0 Å². The Hall–Kier alpha value is -0.420. The predicted octanol–water partition coefficient (Wildman–Crippen LogP) is 1.76. The molecule has 3 nitrogen and oxygen atoms in total. The van der Waals surface area contributed by atoms with Gasteiger partial charge in [0.1, 0.15) is 0 Å². The van der Waals surface area contributed by atoms with Gasteiger partial charge in [-0.15, -0.1) is 0 Å². The SMILES string of the molecule is CC(C)(C)NCCNCC(O)c1ccsc1. The van der Waals surface area contributed by atoms with Gasteiger partial charge in [0, 0.05) is 25.2 Å². The van der Waals surface area contributed by atoms with Gasteiger partial charge in [-0.1, -0.05) is 0 Å². The summed E-state index contributed by atoms with van der Waals surface area (Å²) >= 11 is 1.61. The summed E-state index contributed by atoms with van der Waals surface area (Å²) in [6, 6.07) is 1.96. The highest BCUT2D eigenvalue weighted by Crippen LogP contribution is 2.14. The van der Waals surface area contributed by atoms with Crippen molar-refractivity contribution in [2.75, 3.05) is 19.6 Å². The molecule has 4 heteroatoms. The lowest BCUT2D eigenvalue weighted by Gasteiger charge is -2.20. The number of nitrogens with one attached hydrogen (secondary N) is 2. The zero-order valence-electron chi connectivity index (χ0n) is 10.3. The average Bonchev–Trinajstić information content (AvgIpc) is 2.67. The van der Waals surface area contributed by atoms with Crippen LogP contribution >= 0.6 is 11.3 Å². The fourth-order valence-corrected chi connectivity index (χ4v) is 2.05. The van der Waals surface area contributed by atoms with Crippen LogP contribution in [0.4, 0.5) is 0 Å². The van der Waals surface area contributed by atoms with Crippen molar-refractivity contribution >= 4 is 11.3 Å². The van der Waals surface area contributed by atoms with Gasteiger partial charge in [-0.2, -0.15) is 11.3 Å². The smallest absolute Gasteiger partial charge is 0.0922 e. The van der Waals surface area contributed by atoms with E-state index in [1.54, 1.807) is 11.3 Å². The first-order chi connectivity index (χ1) is 7.49. The lowest BCUT2D eigenvalue weighted by atomic mass is 10.1. The van der Waals surface area contributed by atoms with E-state index in [1.807, 2.05) is 16.8 Å². The summed E-state index contributed by atoms with van der Waals surface area (Å²) in [4.78, 5) is 0. The summed E-state index contributed by atoms with van der Waals surface area (Å²) in [6.07, 6.45) is -0.388. The Bertz CT molecular complexity index is 280. The molecule has 0 radical (unpaired) electrons. The number of aliphatic hydroxyl groups excluding tert-OH is 1. The first kappa shape index (κ1) is 13.6. The molecule has 0 spiro atoms. The van der Waals surface area contributed by atoms with Crippen LogP contribution in [0.25, 0.3) is 0 Å². The molecule has 1 aromatic heterocycles. The van der Waals surface area contributed by atoms with Crippen LogP contribution in [0.15, 0.2) is 16.8 Å². The number of hydrogen-bond donors (Lipinski definition) is 3. The topological polar surface area (TPSA) is 44.3 Å². The largest absolute Gasteiger partial charge is 0.387 e. The summed E-state index contributed by atoms with van der Waals surface area (Å²) in [5.41, 5.74) is 1.16. The Kier molecular flexibility index (Phi) is 5.41. The standard InChI is InChI=1S/C12H22N2OS/c1-12(2,3)14-6-5-13-8-11(15)10-4-7-16-9-10/h4,7,9,11,13-15H,5-6,8H2,1-3H3. The summed E-state index contributed by atoms with van der Waals surface area (Å²) in [6.45, 7) is 8.84. The van der Waals surface area contributed by atoms with E-state index in [2.05, 4.69) is 31.4 Å². The highest BCUT2D eigenvalue weighted by atomic mass is 32.1. The third kappa shape index (κ3) is 5.61. The fraction of sp³-hybridized carbons (Fsp3) is 0.667. The zero-order valence-corrected chi connectivity index (χ0v) is 11.1. The molecule has 0 fully saturated rings. The van der Waals surface area contributed by atoms with Gasteiger partial charge >= 0.3 is 0 Å². The van der Waals surface area contributed by atoms with Crippen LogP contribution in [-0.4, -0.2) is 30.3 Å². The third-order valence-corrected chi connectivity index (χ3v) is 2.92. The summed E-state index contributed by atoms with van der Waals surface area (Å²) < 4.78 is 0. The van der Waals surface area contributed by atoms with Crippen molar-refractivity contribution in [1.29, 1.82) is 0 Å². The van der Waals surface area contributed by atoms with E-state index < -0.39 is 0 Å². The van der Waals surface area contributed by atoms with Gasteiger partial charge in [-0.25, -0.2) is 0 Å². The normalized spacial score (nSPS) is 14.0. The maximum absolute atomic E-state index is 9.79. The van der Waals surface area contributed by atoms with Gasteiger partial charge in [0.05, 0.1) is 6.10 Å². The molecule has 1 unspecified atom stereocenters. The van der Waals surface area contributed by atoms with Crippen LogP contribution in [0.2, 0.25) is 0 Å². The second-order valence-electron chi connectivity index (χ2n) is 4.95. The Balaban J connectivity index is 2.08. The van der Waals surface area contributed by atoms with Crippen molar-refractivity contribution in [3.8, 4) is 0 Å². The quantitative estimate of drug-likeness (QED) is 0.666. The second-order valence-corrected chi connectivity index (χ2v) is 5.73. The Morgan fingerprint density at radius 1 is 1.38 bits per heavy atom. The Morgan fingerprint density at radius 2 is 2.12 bits per heavy atom. The molecule has 1 atom stereocenters. The van der Waals surface area contributed by atoms with Crippen molar-refractivity contribution in [2.45, 2.75) is 32.4 Å². The monoisotopic (exact) mass is 242 g/mol. The number of aliphatic hydroxyl groups is 1. The Labute approximate surface area is 102 Å². The van der Waals surface area contributed by atoms with Crippen molar-refractivity contribution in [2.24, 2.45) is 0 Å². The van der Waals surface area contributed by atoms with E-state index in [-0.39, 0.29) is 11.6 Å². The van der Waals surface area contributed by atoms with Crippen molar-refractivity contribution in [3.63, 3.8) is 0 Å². The molecule has 0 aliphatic rings. The summed E-state index contributed by atoms with van der Waals surface area (Å²) in [5.74, 6) is 0. The molecule has 0 aliphatic carbocycles. The van der Waals surface area contributed by atoms with Crippen LogP contribution in [0.3, 0.4) is 0 Å². The maximum atomic E-state index is 9.79. The molecule has 0 aromatic carbocycles. The van der Waals surface area contributed by atoms with Crippen LogP contribution in [0.5, 0.6) is 0 Å². The molecule has 0 amide bonds. The van der Waals surface area contributed by atoms with Gasteiger partial charge in [0.25, 0.3) is 0 Å². The van der Waals surface area contributed by atoms with Crippen molar-refractivity contribution in [1.82, 2.24) is 10.6 Å². The van der Waals surface area contributed by atoms with Crippen LogP contribution < -0.4 is 10.6 Å². The highest BCUT2D eigenvalue weighted by molar-refractivity contribution is 7.07. The first-order valence-corrected chi connectivity index (χ1v) is 6.59. The molecule has 0 saturated heterocycles. The van der Waals surface area contributed by atoms with Crippen LogP contribution in [0, 0.1) is 0 Å². The van der Waals surface area contributed by atoms with Crippen LogP contribution in [-0.2, 0) is 0 Å². The average molecular weight is 242 g/mol. The molecule has 16 heavy (non-hydrogen) atoms. The van der Waals surface area contributed by atoms with Gasteiger partial charge in [-0.05, 0) is 43.2 Å². The molecule has 1 aromatic rings. The number of hydrogen-bond acceptors (Lipinski definition) is 4. The second kappa shape index (κ2) is 6.35. The lowest BCUT2D eigenvalue weighted by molar-refractivity contribution is 0.175. The lowest BCUT2D eigenvalue weighted by Crippen LogP contribution is -2.40. The third-order valence-electron chi connectivity index (χ3n) is 2.22. The number of rotatable bonds is 6. The zero-order chi connectivity index (χ0) is 12.0. The highest BCUT2D eigenvalue weighted by Gasteiger charge is 2.08. The molecule has 0 aliphatic heterocycles. The first-order valence-electron chi connectivity index (χ1n) is 5.65. The maximum Gasteiger partial charge on any atom is 0.0922 e. The molecule has 3 N–H and O–H groups in total. The van der Waals surface area contributed by atoms with Crippen molar-refractivity contribution in [3.05, 3.63) is 22.4 Å². The van der Waals surface area contributed by atoms with Gasteiger partial charge in [0.2, 0.25) is 0 Å². The van der Waals surface area contributed by atoms with E-state index in [0.29, 0.717) is 6.54 Å². The molecular formula is C12H22N2OS. The molecule has 1 rings (SSSR count). The van der Waals surface area contributed by atoms with E-state index in [9.17, 15) is 5.11 Å². The van der Waals surface area contributed by atoms with E-state index >= 15 is 0 Å². The molecular weight excluding hydrogens is 220 g/mol. The van der Waals surface area contributed by atoms with Crippen LogP contribution in [0.1, 0.15) is 32.4 Å². The minimum atomic E-state index is -0.388. The molecule has 92 valence electrons. The number of thiophene rings is 1. The minimum absolute atomic E-state index is 0.160. The van der Waals surface area contributed by atoms with Gasteiger partial charge < -0.3 is 15.7 Å².